The second kappa shape index (κ2) is 7.05. The largest absolute Gasteiger partial charge is 0.391 e. The van der Waals surface area contributed by atoms with Crippen molar-refractivity contribution < 1.29 is 19.2 Å². The molecule has 4 rings (SSSR count). The Morgan fingerprint density at radius 2 is 1.93 bits per heavy atom. The monoisotopic (exact) mass is 383 g/mol. The van der Waals surface area contributed by atoms with Gasteiger partial charge in [0.1, 0.15) is 0 Å². The lowest BCUT2D eigenvalue weighted by atomic mass is 9.68. The molecule has 2 aliphatic heterocycles. The van der Waals surface area contributed by atoms with E-state index in [1.54, 1.807) is 29.8 Å². The van der Waals surface area contributed by atoms with Gasteiger partial charge in [0.15, 0.2) is 0 Å². The van der Waals surface area contributed by atoms with E-state index < -0.39 is 11.5 Å². The Bertz CT molecular complexity index is 871. The third-order valence-electron chi connectivity index (χ3n) is 6.14. The van der Waals surface area contributed by atoms with E-state index in [0.717, 1.165) is 5.56 Å². The van der Waals surface area contributed by atoms with Gasteiger partial charge in [-0.1, -0.05) is 35.5 Å². The summed E-state index contributed by atoms with van der Waals surface area (Å²) in [5, 5.41) is 14.7. The van der Waals surface area contributed by atoms with Crippen molar-refractivity contribution in [3.05, 3.63) is 53.4 Å². The van der Waals surface area contributed by atoms with Crippen LogP contribution in [0.4, 0.5) is 0 Å². The van der Waals surface area contributed by atoms with Gasteiger partial charge < -0.3 is 19.4 Å². The lowest BCUT2D eigenvalue weighted by Gasteiger charge is -2.50. The van der Waals surface area contributed by atoms with Crippen LogP contribution < -0.4 is 0 Å². The van der Waals surface area contributed by atoms with Crippen LogP contribution in [0.3, 0.4) is 0 Å². The zero-order valence-corrected chi connectivity index (χ0v) is 16.2. The first-order valence-electron chi connectivity index (χ1n) is 9.64. The maximum atomic E-state index is 13.3. The molecule has 0 radical (unpaired) electrons. The number of carbonyl (C=O) groups is 2. The van der Waals surface area contributed by atoms with Gasteiger partial charge in [-0.3, -0.25) is 9.59 Å². The summed E-state index contributed by atoms with van der Waals surface area (Å²) in [6.45, 7) is 2.69. The molecule has 0 saturated carbocycles. The zero-order chi connectivity index (χ0) is 19.9. The molecule has 3 heterocycles. The van der Waals surface area contributed by atoms with Crippen molar-refractivity contribution in [1.29, 1.82) is 0 Å². The number of rotatable bonds is 2. The van der Waals surface area contributed by atoms with Crippen molar-refractivity contribution in [2.24, 2.45) is 5.41 Å². The molecule has 2 atom stereocenters. The van der Waals surface area contributed by atoms with E-state index in [2.05, 4.69) is 5.16 Å². The Morgan fingerprint density at radius 1 is 1.25 bits per heavy atom. The SMILES string of the molecule is Cc1cc(C(=O)N2CCC3(CC2)C[C@@H](O)[C@H](c2ccccc2)N(C)C3=O)on1. The molecule has 2 aliphatic rings. The van der Waals surface area contributed by atoms with Crippen LogP contribution in [0.1, 0.15) is 47.1 Å². The van der Waals surface area contributed by atoms with Crippen molar-refractivity contribution in [2.45, 2.75) is 38.3 Å². The van der Waals surface area contributed by atoms with Crippen LogP contribution >= 0.6 is 0 Å². The predicted octanol–water partition coefficient (Wildman–Crippen LogP) is 2.17. The summed E-state index contributed by atoms with van der Waals surface area (Å²) in [4.78, 5) is 29.2. The van der Waals surface area contributed by atoms with E-state index >= 15 is 0 Å². The van der Waals surface area contributed by atoms with Crippen LogP contribution in [0, 0.1) is 12.3 Å². The second-order valence-corrected chi connectivity index (χ2v) is 7.95. The fourth-order valence-corrected chi connectivity index (χ4v) is 4.63. The summed E-state index contributed by atoms with van der Waals surface area (Å²) in [6, 6.07) is 10.9. The first-order chi connectivity index (χ1) is 13.4. The number of nitrogens with zero attached hydrogens (tertiary/aromatic N) is 3. The van der Waals surface area contributed by atoms with Crippen molar-refractivity contribution in [3.63, 3.8) is 0 Å². The van der Waals surface area contributed by atoms with E-state index in [1.807, 2.05) is 30.3 Å². The number of carbonyl (C=O) groups excluding carboxylic acids is 2. The topological polar surface area (TPSA) is 86.9 Å². The summed E-state index contributed by atoms with van der Waals surface area (Å²) in [7, 11) is 1.76. The van der Waals surface area contributed by atoms with Crippen LogP contribution in [0.2, 0.25) is 0 Å². The predicted molar refractivity (Wildman–Crippen MR) is 101 cm³/mol. The second-order valence-electron chi connectivity index (χ2n) is 7.95. The minimum atomic E-state index is -0.635. The number of aryl methyl sites for hydroxylation is 1. The summed E-state index contributed by atoms with van der Waals surface area (Å²) >= 11 is 0. The number of likely N-dealkylation sites (tertiary alicyclic amines) is 2. The van der Waals surface area contributed by atoms with E-state index in [1.165, 1.54) is 0 Å². The van der Waals surface area contributed by atoms with Gasteiger partial charge >= 0.3 is 0 Å². The van der Waals surface area contributed by atoms with Crippen molar-refractivity contribution in [2.75, 3.05) is 20.1 Å². The molecular formula is C21H25N3O4. The lowest BCUT2D eigenvalue weighted by molar-refractivity contribution is -0.161. The molecule has 2 fully saturated rings. The number of hydrogen-bond acceptors (Lipinski definition) is 5. The molecule has 0 unspecified atom stereocenters. The van der Waals surface area contributed by atoms with Gasteiger partial charge in [-0.2, -0.15) is 0 Å². The van der Waals surface area contributed by atoms with E-state index in [0.29, 0.717) is 38.0 Å². The molecule has 1 N–H and O–H groups in total. The van der Waals surface area contributed by atoms with Crippen LogP contribution in [-0.2, 0) is 4.79 Å². The number of hydrogen-bond donors (Lipinski definition) is 1. The minimum absolute atomic E-state index is 0.0502. The molecule has 2 amide bonds. The molecule has 2 saturated heterocycles. The quantitative estimate of drug-likeness (QED) is 0.859. The molecule has 28 heavy (non-hydrogen) atoms. The number of benzene rings is 1. The average molecular weight is 383 g/mol. The van der Waals surface area contributed by atoms with E-state index in [9.17, 15) is 14.7 Å². The van der Waals surface area contributed by atoms with Gasteiger partial charge in [0.05, 0.1) is 23.3 Å². The van der Waals surface area contributed by atoms with Gasteiger partial charge in [-0.05, 0) is 31.7 Å². The van der Waals surface area contributed by atoms with Gasteiger partial charge in [0, 0.05) is 26.2 Å². The minimum Gasteiger partial charge on any atom is -0.391 e. The summed E-state index contributed by atoms with van der Waals surface area (Å²) in [5.41, 5.74) is 0.984. The molecular weight excluding hydrogens is 358 g/mol. The molecule has 0 aliphatic carbocycles. The van der Waals surface area contributed by atoms with Crippen molar-refractivity contribution in [1.82, 2.24) is 15.0 Å². The number of aliphatic hydroxyl groups excluding tert-OH is 1. The Labute approximate surface area is 163 Å². The van der Waals surface area contributed by atoms with E-state index in [4.69, 9.17) is 4.52 Å². The molecule has 7 nitrogen and oxygen atoms in total. The van der Waals surface area contributed by atoms with Gasteiger partial charge in [0.25, 0.3) is 5.91 Å². The fraction of sp³-hybridized carbons (Fsp3) is 0.476. The van der Waals surface area contributed by atoms with Crippen molar-refractivity contribution in [3.8, 4) is 0 Å². The highest BCUT2D eigenvalue weighted by atomic mass is 16.5. The molecule has 1 aromatic carbocycles. The molecule has 7 heteroatoms. The third kappa shape index (κ3) is 3.09. The Balaban J connectivity index is 1.48. The molecule has 0 bridgehead atoms. The molecule has 148 valence electrons. The third-order valence-corrected chi connectivity index (χ3v) is 6.14. The highest BCUT2D eigenvalue weighted by Gasteiger charge is 2.51. The smallest absolute Gasteiger partial charge is 0.292 e. The Kier molecular flexibility index (Phi) is 4.71. The van der Waals surface area contributed by atoms with Crippen LogP contribution in [0.5, 0.6) is 0 Å². The van der Waals surface area contributed by atoms with Crippen molar-refractivity contribution >= 4 is 11.8 Å². The van der Waals surface area contributed by atoms with Gasteiger partial charge in [-0.15, -0.1) is 0 Å². The van der Waals surface area contributed by atoms with Crippen LogP contribution in [-0.4, -0.2) is 58.1 Å². The van der Waals surface area contributed by atoms with Gasteiger partial charge in [-0.25, -0.2) is 0 Å². The number of amides is 2. The highest BCUT2D eigenvalue weighted by molar-refractivity contribution is 5.92. The first kappa shape index (κ1) is 18.7. The fourth-order valence-electron chi connectivity index (χ4n) is 4.63. The summed E-state index contributed by atoms with van der Waals surface area (Å²) in [5.74, 6) is 0.0775. The number of aromatic nitrogens is 1. The number of aliphatic hydroxyl groups is 1. The summed E-state index contributed by atoms with van der Waals surface area (Å²) in [6.07, 6.45) is 0.852. The maximum absolute atomic E-state index is 13.3. The normalized spacial score (nSPS) is 24.6. The molecule has 2 aromatic rings. The number of piperidine rings is 2. The maximum Gasteiger partial charge on any atom is 0.292 e. The molecule has 1 spiro atoms. The standard InChI is InChI=1S/C21H25N3O4/c1-14-12-17(28-22-14)19(26)24-10-8-21(9-11-24)13-16(25)18(23(2)20(21)27)15-6-4-3-5-7-15/h3-7,12,16,18,25H,8-11,13H2,1-2H3/t16-,18+/m1/s1. The zero-order valence-electron chi connectivity index (χ0n) is 16.2. The lowest BCUT2D eigenvalue weighted by Crippen LogP contribution is -2.57. The summed E-state index contributed by atoms with van der Waals surface area (Å²) < 4.78 is 5.08. The van der Waals surface area contributed by atoms with Crippen LogP contribution in [0.25, 0.3) is 0 Å². The van der Waals surface area contributed by atoms with Gasteiger partial charge in [0.2, 0.25) is 11.7 Å². The Morgan fingerprint density at radius 3 is 2.54 bits per heavy atom. The first-order valence-corrected chi connectivity index (χ1v) is 9.64. The van der Waals surface area contributed by atoms with Crippen LogP contribution in [0.15, 0.2) is 40.9 Å². The van der Waals surface area contributed by atoms with E-state index in [-0.39, 0.29) is 23.6 Å². The highest BCUT2D eigenvalue weighted by Crippen LogP contribution is 2.46. The Hall–Kier alpha value is -2.67. The average Bonchev–Trinajstić information content (AvgIpc) is 3.14. The number of likely N-dealkylation sites (N-methyl/N-ethyl adjacent to an activating group) is 1. The molecule has 1 aromatic heterocycles.